The molecule has 1 aromatic carbocycles. The molecule has 0 fully saturated rings. The number of hydrogen-bond acceptors (Lipinski definition) is 3. The molecule has 2 heterocycles. The largest absolute Gasteiger partial charge is 0.416 e. The lowest BCUT2D eigenvalue weighted by Gasteiger charge is -2.10. The van der Waals surface area contributed by atoms with Crippen LogP contribution >= 0.6 is 0 Å². The minimum atomic E-state index is -4.36. The molecule has 0 atom stereocenters. The number of fused-ring (bicyclic) bond motifs is 1. The molecule has 0 bridgehead atoms. The summed E-state index contributed by atoms with van der Waals surface area (Å²) >= 11 is 0. The molecule has 2 aromatic rings. The SMILES string of the molecule is FC(F)(F)c1cccc(NC2=NCc3cccnc32)c1. The fraction of sp³-hybridized carbons (Fsp3) is 0.143. The normalized spacial score (nSPS) is 13.8. The van der Waals surface area contributed by atoms with Gasteiger partial charge in [0, 0.05) is 17.4 Å². The summed E-state index contributed by atoms with van der Waals surface area (Å²) in [5, 5.41) is 2.90. The van der Waals surface area contributed by atoms with E-state index in [-0.39, 0.29) is 0 Å². The van der Waals surface area contributed by atoms with Crippen LogP contribution < -0.4 is 5.32 Å². The zero-order valence-electron chi connectivity index (χ0n) is 10.3. The van der Waals surface area contributed by atoms with Gasteiger partial charge in [0.2, 0.25) is 0 Å². The Balaban J connectivity index is 1.87. The zero-order chi connectivity index (χ0) is 14.2. The van der Waals surface area contributed by atoms with Crippen molar-refractivity contribution < 1.29 is 13.2 Å². The average Bonchev–Trinajstić information content (AvgIpc) is 2.82. The number of pyridine rings is 1. The summed E-state index contributed by atoms with van der Waals surface area (Å²) in [4.78, 5) is 8.45. The van der Waals surface area contributed by atoms with E-state index in [4.69, 9.17) is 0 Å². The van der Waals surface area contributed by atoms with Gasteiger partial charge in [0.15, 0.2) is 5.84 Å². The summed E-state index contributed by atoms with van der Waals surface area (Å²) in [6.45, 7) is 0.491. The molecule has 3 rings (SSSR count). The van der Waals surface area contributed by atoms with Gasteiger partial charge in [0.25, 0.3) is 0 Å². The first-order valence-corrected chi connectivity index (χ1v) is 5.97. The molecular formula is C14H10F3N3. The van der Waals surface area contributed by atoms with Crippen LogP contribution in [-0.2, 0) is 12.7 Å². The van der Waals surface area contributed by atoms with Crippen molar-refractivity contribution in [1.82, 2.24) is 4.98 Å². The van der Waals surface area contributed by atoms with Crippen LogP contribution in [0.5, 0.6) is 0 Å². The number of hydrogen-bond donors (Lipinski definition) is 1. The lowest BCUT2D eigenvalue weighted by atomic mass is 10.2. The van der Waals surface area contributed by atoms with Gasteiger partial charge in [-0.3, -0.25) is 9.98 Å². The van der Waals surface area contributed by atoms with Crippen LogP contribution in [0.15, 0.2) is 47.6 Å². The molecule has 0 spiro atoms. The van der Waals surface area contributed by atoms with E-state index in [0.29, 0.717) is 23.8 Å². The second kappa shape index (κ2) is 4.63. The van der Waals surface area contributed by atoms with Gasteiger partial charge in [-0.15, -0.1) is 0 Å². The molecule has 1 aromatic heterocycles. The van der Waals surface area contributed by atoms with E-state index >= 15 is 0 Å². The van der Waals surface area contributed by atoms with Crippen molar-refractivity contribution in [2.24, 2.45) is 4.99 Å². The van der Waals surface area contributed by atoms with Crippen LogP contribution in [0.1, 0.15) is 16.8 Å². The first-order valence-electron chi connectivity index (χ1n) is 5.97. The highest BCUT2D eigenvalue weighted by Crippen LogP contribution is 2.31. The van der Waals surface area contributed by atoms with Gasteiger partial charge in [-0.05, 0) is 24.3 Å². The van der Waals surface area contributed by atoms with Gasteiger partial charge in [-0.1, -0.05) is 12.1 Å². The number of nitrogens with zero attached hydrogens (tertiary/aromatic N) is 2. The molecule has 1 aliphatic heterocycles. The minimum absolute atomic E-state index is 0.345. The number of alkyl halides is 3. The van der Waals surface area contributed by atoms with Gasteiger partial charge in [0.05, 0.1) is 12.1 Å². The number of anilines is 1. The fourth-order valence-electron chi connectivity index (χ4n) is 2.03. The second-order valence-corrected chi connectivity index (χ2v) is 4.38. The molecule has 0 amide bonds. The van der Waals surface area contributed by atoms with Crippen LogP contribution in [0, 0.1) is 0 Å². The summed E-state index contributed by atoms with van der Waals surface area (Å²) in [5.41, 5.74) is 1.30. The molecule has 0 saturated heterocycles. The lowest BCUT2D eigenvalue weighted by molar-refractivity contribution is -0.137. The van der Waals surface area contributed by atoms with E-state index in [9.17, 15) is 13.2 Å². The Morgan fingerprint density at radius 1 is 1.10 bits per heavy atom. The average molecular weight is 277 g/mol. The van der Waals surface area contributed by atoms with E-state index < -0.39 is 11.7 Å². The van der Waals surface area contributed by atoms with Crippen LogP contribution in [0.3, 0.4) is 0 Å². The van der Waals surface area contributed by atoms with Crippen molar-refractivity contribution in [2.75, 3.05) is 5.32 Å². The molecule has 3 nitrogen and oxygen atoms in total. The van der Waals surface area contributed by atoms with E-state index in [1.165, 1.54) is 6.07 Å². The maximum Gasteiger partial charge on any atom is 0.416 e. The first-order chi connectivity index (χ1) is 9.54. The van der Waals surface area contributed by atoms with Crippen molar-refractivity contribution in [3.8, 4) is 0 Å². The number of aromatic nitrogens is 1. The Labute approximate surface area is 113 Å². The van der Waals surface area contributed by atoms with Gasteiger partial charge < -0.3 is 5.32 Å². The van der Waals surface area contributed by atoms with Crippen LogP contribution in [0.2, 0.25) is 0 Å². The van der Waals surface area contributed by atoms with E-state index in [0.717, 1.165) is 17.7 Å². The van der Waals surface area contributed by atoms with Crippen LogP contribution in [0.4, 0.5) is 18.9 Å². The molecule has 102 valence electrons. The monoisotopic (exact) mass is 277 g/mol. The maximum absolute atomic E-state index is 12.7. The number of amidine groups is 1. The Morgan fingerprint density at radius 2 is 1.95 bits per heavy atom. The standard InChI is InChI=1S/C14H10F3N3/c15-14(16,17)10-4-1-5-11(7-10)20-13-12-9(8-19-13)3-2-6-18-12/h1-7H,8H2,(H,19,20). The summed E-state index contributed by atoms with van der Waals surface area (Å²) in [6.07, 6.45) is -2.72. The minimum Gasteiger partial charge on any atom is -0.339 e. The predicted octanol–water partition coefficient (Wildman–Crippen LogP) is 3.47. The molecule has 6 heteroatoms. The Kier molecular flexibility index (Phi) is 2.93. The van der Waals surface area contributed by atoms with Crippen molar-refractivity contribution in [1.29, 1.82) is 0 Å². The third kappa shape index (κ3) is 2.36. The maximum atomic E-state index is 12.7. The van der Waals surface area contributed by atoms with Gasteiger partial charge >= 0.3 is 6.18 Å². The van der Waals surface area contributed by atoms with E-state index in [1.807, 2.05) is 12.1 Å². The molecule has 0 unspecified atom stereocenters. The predicted molar refractivity (Wildman–Crippen MR) is 69.5 cm³/mol. The highest BCUT2D eigenvalue weighted by Gasteiger charge is 2.30. The topological polar surface area (TPSA) is 37.3 Å². The molecule has 1 aliphatic rings. The second-order valence-electron chi connectivity index (χ2n) is 4.38. The molecule has 0 saturated carbocycles. The third-order valence-electron chi connectivity index (χ3n) is 2.98. The quantitative estimate of drug-likeness (QED) is 0.866. The van der Waals surface area contributed by atoms with Gasteiger partial charge in [0.1, 0.15) is 5.69 Å². The molecule has 20 heavy (non-hydrogen) atoms. The Morgan fingerprint density at radius 3 is 2.75 bits per heavy atom. The summed E-state index contributed by atoms with van der Waals surface area (Å²) in [6, 6.07) is 8.73. The van der Waals surface area contributed by atoms with Crippen molar-refractivity contribution in [2.45, 2.75) is 12.7 Å². The smallest absolute Gasteiger partial charge is 0.339 e. The molecular weight excluding hydrogens is 267 g/mol. The fourth-order valence-corrected chi connectivity index (χ4v) is 2.03. The highest BCUT2D eigenvalue weighted by molar-refractivity contribution is 6.09. The van der Waals surface area contributed by atoms with Gasteiger partial charge in [-0.25, -0.2) is 0 Å². The summed E-state index contributed by atoms with van der Waals surface area (Å²) in [5.74, 6) is 0.500. The Bertz CT molecular complexity index is 677. The number of benzene rings is 1. The van der Waals surface area contributed by atoms with E-state index in [1.54, 1.807) is 12.3 Å². The third-order valence-corrected chi connectivity index (χ3v) is 2.98. The number of halogens is 3. The van der Waals surface area contributed by atoms with Crippen molar-refractivity contribution >= 4 is 11.5 Å². The molecule has 1 N–H and O–H groups in total. The molecule has 0 aliphatic carbocycles. The zero-order valence-corrected chi connectivity index (χ0v) is 10.3. The first kappa shape index (κ1) is 12.7. The van der Waals surface area contributed by atoms with Gasteiger partial charge in [-0.2, -0.15) is 13.2 Å². The van der Waals surface area contributed by atoms with Crippen LogP contribution in [0.25, 0.3) is 0 Å². The summed E-state index contributed by atoms with van der Waals surface area (Å²) in [7, 11) is 0. The highest BCUT2D eigenvalue weighted by atomic mass is 19.4. The Hall–Kier alpha value is -2.37. The van der Waals surface area contributed by atoms with E-state index in [2.05, 4.69) is 15.3 Å². The molecule has 0 radical (unpaired) electrons. The summed E-state index contributed by atoms with van der Waals surface area (Å²) < 4.78 is 38.0. The van der Waals surface area contributed by atoms with Crippen LogP contribution in [-0.4, -0.2) is 10.8 Å². The number of aliphatic imine (C=N–C) groups is 1. The number of rotatable bonds is 1. The lowest BCUT2D eigenvalue weighted by Crippen LogP contribution is -2.14. The van der Waals surface area contributed by atoms with Crippen molar-refractivity contribution in [3.63, 3.8) is 0 Å². The van der Waals surface area contributed by atoms with Crippen molar-refractivity contribution in [3.05, 3.63) is 59.4 Å². The number of nitrogens with one attached hydrogen (secondary N) is 1.